The smallest absolute Gasteiger partial charge is 0.253 e. The summed E-state index contributed by atoms with van der Waals surface area (Å²) in [6.45, 7) is -0.229. The lowest BCUT2D eigenvalue weighted by Crippen LogP contribution is -2.33. The molecule has 2 N–H and O–H groups in total. The van der Waals surface area contributed by atoms with Gasteiger partial charge in [-0.05, 0) is 12.1 Å². The van der Waals surface area contributed by atoms with Crippen molar-refractivity contribution in [3.63, 3.8) is 0 Å². The molecule has 0 radical (unpaired) electrons. The van der Waals surface area contributed by atoms with Crippen molar-refractivity contribution in [1.82, 2.24) is 15.2 Å². The minimum atomic E-state index is -0.480. The number of rotatable bonds is 6. The first-order valence-corrected chi connectivity index (χ1v) is 7.43. The third-order valence-corrected chi connectivity index (χ3v) is 3.34. The summed E-state index contributed by atoms with van der Waals surface area (Å²) in [6.07, 6.45) is 6.34. The minimum Gasteiger partial charge on any atom is -0.350 e. The molecule has 25 heavy (non-hydrogen) atoms. The van der Waals surface area contributed by atoms with Crippen molar-refractivity contribution in [2.45, 2.75) is 13.1 Å². The fraction of sp³-hybridized carbons (Fsp3) is 0.167. The van der Waals surface area contributed by atoms with Crippen LogP contribution in [0.4, 0.5) is 4.39 Å². The van der Waals surface area contributed by atoms with Gasteiger partial charge in [0, 0.05) is 24.4 Å². The van der Waals surface area contributed by atoms with Crippen LogP contribution in [-0.2, 0) is 17.9 Å². The summed E-state index contributed by atoms with van der Waals surface area (Å²) in [4.78, 5) is 35.6. The lowest BCUT2D eigenvalue weighted by atomic mass is 10.2. The Morgan fingerprint density at radius 1 is 1.16 bits per heavy atom. The Labute approximate surface area is 143 Å². The summed E-state index contributed by atoms with van der Waals surface area (Å²) in [6, 6.07) is 8.60. The third kappa shape index (κ3) is 5.04. The van der Waals surface area contributed by atoms with Gasteiger partial charge in [-0.15, -0.1) is 6.42 Å². The molecule has 6 nitrogen and oxygen atoms in total. The van der Waals surface area contributed by atoms with Crippen LogP contribution in [0.5, 0.6) is 0 Å². The van der Waals surface area contributed by atoms with E-state index in [-0.39, 0.29) is 25.2 Å². The number of nitrogens with one attached hydrogen (secondary N) is 2. The molecule has 0 aliphatic rings. The van der Waals surface area contributed by atoms with Gasteiger partial charge in [-0.1, -0.05) is 24.1 Å². The highest BCUT2D eigenvalue weighted by molar-refractivity contribution is 5.94. The summed E-state index contributed by atoms with van der Waals surface area (Å²) in [5, 5.41) is 5.00. The van der Waals surface area contributed by atoms with Crippen LogP contribution in [0.3, 0.4) is 0 Å². The van der Waals surface area contributed by atoms with Crippen LogP contribution in [0.15, 0.2) is 47.4 Å². The summed E-state index contributed by atoms with van der Waals surface area (Å²) >= 11 is 0. The Morgan fingerprint density at radius 3 is 2.64 bits per heavy atom. The maximum absolute atomic E-state index is 13.5. The summed E-state index contributed by atoms with van der Waals surface area (Å²) in [7, 11) is 0. The van der Waals surface area contributed by atoms with Crippen LogP contribution in [0, 0.1) is 18.2 Å². The van der Waals surface area contributed by atoms with E-state index in [0.717, 1.165) is 4.57 Å². The zero-order chi connectivity index (χ0) is 18.2. The molecule has 2 rings (SSSR count). The molecule has 1 heterocycles. The number of nitrogens with zero attached hydrogens (tertiary/aromatic N) is 1. The van der Waals surface area contributed by atoms with Crippen molar-refractivity contribution in [3.05, 3.63) is 69.9 Å². The number of carbonyl (C=O) groups excluding carboxylic acids is 2. The van der Waals surface area contributed by atoms with Gasteiger partial charge < -0.3 is 15.2 Å². The molecule has 2 amide bonds. The minimum absolute atomic E-state index is 0.00258. The second-order valence-corrected chi connectivity index (χ2v) is 5.14. The van der Waals surface area contributed by atoms with Crippen molar-refractivity contribution in [2.24, 2.45) is 0 Å². The number of terminal acetylenes is 1. The zero-order valence-electron chi connectivity index (χ0n) is 13.3. The molecule has 128 valence electrons. The topological polar surface area (TPSA) is 80.2 Å². The van der Waals surface area contributed by atoms with Gasteiger partial charge in [-0.3, -0.25) is 14.4 Å². The molecule has 2 aromatic rings. The van der Waals surface area contributed by atoms with Crippen LogP contribution in [0.25, 0.3) is 0 Å². The van der Waals surface area contributed by atoms with Crippen LogP contribution in [-0.4, -0.2) is 22.9 Å². The number of aromatic nitrogens is 1. The molecule has 0 aliphatic heterocycles. The molecule has 1 aromatic carbocycles. The van der Waals surface area contributed by atoms with Crippen LogP contribution < -0.4 is 16.2 Å². The standard InChI is InChI=1S/C18H16FN3O3/c1-2-9-20-18(25)14-7-8-17(24)22(11-14)12-16(23)21-10-13-5-3-4-6-15(13)19/h1,3-8,11H,9-10,12H2,(H,20,25)(H,21,23). The molecular weight excluding hydrogens is 325 g/mol. The van der Waals surface area contributed by atoms with Crippen molar-refractivity contribution in [3.8, 4) is 12.3 Å². The highest BCUT2D eigenvalue weighted by atomic mass is 19.1. The molecule has 0 fully saturated rings. The summed E-state index contributed by atoms with van der Waals surface area (Å²) < 4.78 is 14.6. The average Bonchev–Trinajstić information content (AvgIpc) is 2.60. The van der Waals surface area contributed by atoms with Crippen molar-refractivity contribution < 1.29 is 14.0 Å². The highest BCUT2D eigenvalue weighted by Crippen LogP contribution is 2.05. The van der Waals surface area contributed by atoms with Gasteiger partial charge in [-0.2, -0.15) is 0 Å². The van der Waals surface area contributed by atoms with E-state index in [2.05, 4.69) is 16.6 Å². The van der Waals surface area contributed by atoms with Gasteiger partial charge in [0.05, 0.1) is 12.1 Å². The first-order chi connectivity index (χ1) is 12.0. The molecule has 1 aromatic heterocycles. The SMILES string of the molecule is C#CCNC(=O)c1ccc(=O)n(CC(=O)NCc2ccccc2F)c1. The summed E-state index contributed by atoms with van der Waals surface area (Å²) in [5.74, 6) is 0.918. The third-order valence-electron chi connectivity index (χ3n) is 3.34. The predicted octanol–water partition coefficient (Wildman–Crippen LogP) is 0.667. The van der Waals surface area contributed by atoms with Gasteiger partial charge in [0.15, 0.2) is 0 Å². The first-order valence-electron chi connectivity index (χ1n) is 7.43. The molecule has 0 aliphatic carbocycles. The van der Waals surface area contributed by atoms with Crippen LogP contribution in [0.1, 0.15) is 15.9 Å². The Bertz CT molecular complexity index is 884. The lowest BCUT2D eigenvalue weighted by Gasteiger charge is -2.09. The van der Waals surface area contributed by atoms with E-state index < -0.39 is 23.2 Å². The van der Waals surface area contributed by atoms with E-state index in [1.165, 1.54) is 24.4 Å². The molecule has 7 heteroatoms. The molecule has 0 saturated carbocycles. The Balaban J connectivity index is 2.02. The van der Waals surface area contributed by atoms with Crippen LogP contribution in [0.2, 0.25) is 0 Å². The quantitative estimate of drug-likeness (QED) is 0.758. The second-order valence-electron chi connectivity index (χ2n) is 5.14. The number of halogens is 1. The second kappa shape index (κ2) is 8.45. The molecule has 0 bridgehead atoms. The largest absolute Gasteiger partial charge is 0.350 e. The highest BCUT2D eigenvalue weighted by Gasteiger charge is 2.10. The van der Waals surface area contributed by atoms with Crippen LogP contribution >= 0.6 is 0 Å². The lowest BCUT2D eigenvalue weighted by molar-refractivity contribution is -0.121. The number of pyridine rings is 1. The number of amides is 2. The Kier molecular flexibility index (Phi) is 6.07. The monoisotopic (exact) mass is 341 g/mol. The van der Waals surface area contributed by atoms with Gasteiger partial charge in [0.25, 0.3) is 11.5 Å². The van der Waals surface area contributed by atoms with Gasteiger partial charge in [-0.25, -0.2) is 4.39 Å². The molecule has 0 unspecified atom stereocenters. The average molecular weight is 341 g/mol. The number of hydrogen-bond acceptors (Lipinski definition) is 3. The van der Waals surface area contributed by atoms with E-state index in [4.69, 9.17) is 6.42 Å². The van der Waals surface area contributed by atoms with E-state index in [0.29, 0.717) is 5.56 Å². The van der Waals surface area contributed by atoms with Crippen molar-refractivity contribution in [2.75, 3.05) is 6.54 Å². The fourth-order valence-electron chi connectivity index (χ4n) is 2.07. The van der Waals surface area contributed by atoms with Gasteiger partial charge >= 0.3 is 0 Å². The predicted molar refractivity (Wildman–Crippen MR) is 90.1 cm³/mol. The fourth-order valence-corrected chi connectivity index (χ4v) is 2.07. The maximum atomic E-state index is 13.5. The molecule has 0 atom stereocenters. The maximum Gasteiger partial charge on any atom is 0.253 e. The number of benzene rings is 1. The first kappa shape index (κ1) is 17.9. The molecule has 0 saturated heterocycles. The van der Waals surface area contributed by atoms with Crippen molar-refractivity contribution in [1.29, 1.82) is 0 Å². The van der Waals surface area contributed by atoms with E-state index in [1.807, 2.05) is 0 Å². The number of hydrogen-bond donors (Lipinski definition) is 2. The normalized spacial score (nSPS) is 9.92. The Morgan fingerprint density at radius 2 is 1.92 bits per heavy atom. The van der Waals surface area contributed by atoms with E-state index in [9.17, 15) is 18.8 Å². The molecule has 0 spiro atoms. The summed E-state index contributed by atoms with van der Waals surface area (Å²) in [5.41, 5.74) is 0.108. The van der Waals surface area contributed by atoms with E-state index >= 15 is 0 Å². The molecular formula is C18H16FN3O3. The van der Waals surface area contributed by atoms with Crippen molar-refractivity contribution >= 4 is 11.8 Å². The van der Waals surface area contributed by atoms with Gasteiger partial charge in [0.2, 0.25) is 5.91 Å². The number of carbonyl (C=O) groups is 2. The van der Waals surface area contributed by atoms with E-state index in [1.54, 1.807) is 18.2 Å². The zero-order valence-corrected chi connectivity index (χ0v) is 13.3. The Hall–Kier alpha value is -3.40. The van der Waals surface area contributed by atoms with Gasteiger partial charge in [0.1, 0.15) is 12.4 Å².